The fourth-order valence-corrected chi connectivity index (χ4v) is 3.42. The summed E-state index contributed by atoms with van der Waals surface area (Å²) in [6.45, 7) is 6.14. The molecule has 1 aromatic carbocycles. The Balaban J connectivity index is 1.88. The van der Waals surface area contributed by atoms with E-state index >= 15 is 0 Å². The second kappa shape index (κ2) is 4.74. The maximum Gasteiger partial charge on any atom is 0.0765 e. The number of para-hydroxylation sites is 1. The number of rotatable bonds is 2. The predicted octanol–water partition coefficient (Wildman–Crippen LogP) is 2.93. The number of hydrogen-bond acceptors (Lipinski definition) is 2. The Hall–Kier alpha value is -2.07. The molecule has 0 unspecified atom stereocenters. The van der Waals surface area contributed by atoms with Crippen molar-refractivity contribution in [1.29, 1.82) is 0 Å². The topological polar surface area (TPSA) is 45.6 Å². The Labute approximate surface area is 124 Å². The van der Waals surface area contributed by atoms with Gasteiger partial charge in [0.15, 0.2) is 0 Å². The smallest absolute Gasteiger partial charge is 0.0765 e. The minimum absolute atomic E-state index is 0.224. The summed E-state index contributed by atoms with van der Waals surface area (Å²) < 4.78 is 2.02. The van der Waals surface area contributed by atoms with Crippen molar-refractivity contribution in [2.24, 2.45) is 0 Å². The Bertz CT molecular complexity index is 796. The normalized spacial score (nSPS) is 18.1. The summed E-state index contributed by atoms with van der Waals surface area (Å²) >= 11 is 0. The number of aromatic amines is 1. The molecule has 4 heteroatoms. The molecule has 4 nitrogen and oxygen atoms in total. The molecule has 0 fully saturated rings. The van der Waals surface area contributed by atoms with Gasteiger partial charge >= 0.3 is 0 Å². The predicted molar refractivity (Wildman–Crippen MR) is 84.5 cm³/mol. The minimum atomic E-state index is 0.224. The van der Waals surface area contributed by atoms with Gasteiger partial charge in [-0.25, -0.2) is 0 Å². The van der Waals surface area contributed by atoms with Gasteiger partial charge in [0.2, 0.25) is 0 Å². The molecule has 1 aliphatic heterocycles. The summed E-state index contributed by atoms with van der Waals surface area (Å²) in [5.41, 5.74) is 6.39. The maximum atomic E-state index is 4.59. The fraction of sp³-hybridized carbons (Fsp3) is 0.353. The number of benzene rings is 1. The maximum absolute atomic E-state index is 4.59. The summed E-state index contributed by atoms with van der Waals surface area (Å²) in [4.78, 5) is 3.62. The summed E-state index contributed by atoms with van der Waals surface area (Å²) in [6.07, 6.45) is 3.25. The third kappa shape index (κ3) is 1.90. The van der Waals surface area contributed by atoms with E-state index in [1.807, 2.05) is 4.68 Å². The molecule has 21 heavy (non-hydrogen) atoms. The first-order valence-electron chi connectivity index (χ1n) is 7.64. The molecular formula is C17H20N4. The Morgan fingerprint density at radius 3 is 3.00 bits per heavy atom. The highest BCUT2D eigenvalue weighted by molar-refractivity contribution is 5.85. The van der Waals surface area contributed by atoms with Crippen molar-refractivity contribution in [2.75, 3.05) is 6.54 Å². The number of aromatic nitrogens is 3. The molecule has 0 amide bonds. The van der Waals surface area contributed by atoms with Gasteiger partial charge in [0.05, 0.1) is 11.7 Å². The zero-order valence-corrected chi connectivity index (χ0v) is 12.5. The average Bonchev–Trinajstić information content (AvgIpc) is 3.07. The monoisotopic (exact) mass is 280 g/mol. The Morgan fingerprint density at radius 1 is 1.33 bits per heavy atom. The van der Waals surface area contributed by atoms with E-state index < -0.39 is 0 Å². The number of fused-ring (bicyclic) bond motifs is 3. The van der Waals surface area contributed by atoms with Gasteiger partial charge in [-0.1, -0.05) is 18.2 Å². The van der Waals surface area contributed by atoms with E-state index in [-0.39, 0.29) is 6.04 Å². The molecule has 0 spiro atoms. The first-order chi connectivity index (χ1) is 10.3. The van der Waals surface area contributed by atoms with Crippen LogP contribution in [0.15, 0.2) is 30.5 Å². The molecule has 1 atom stereocenters. The number of aryl methyl sites for hydroxylation is 2. The summed E-state index contributed by atoms with van der Waals surface area (Å²) in [5, 5.41) is 9.60. The molecule has 3 heterocycles. The molecule has 4 rings (SSSR count). The lowest BCUT2D eigenvalue weighted by Gasteiger charge is -2.24. The summed E-state index contributed by atoms with van der Waals surface area (Å²) in [5.74, 6) is 0. The van der Waals surface area contributed by atoms with Crippen LogP contribution in [0.3, 0.4) is 0 Å². The molecule has 0 aliphatic carbocycles. The van der Waals surface area contributed by atoms with Crippen LogP contribution >= 0.6 is 0 Å². The van der Waals surface area contributed by atoms with Gasteiger partial charge in [0.1, 0.15) is 0 Å². The standard InChI is InChI=1S/C17H20N4/c1-3-21-10-14(11(2)20-21)16-17-13(8-9-18-16)12-6-4-5-7-15(12)19-17/h4-7,10,16,18-19H,3,8-9H2,1-2H3/t16-/m0/s1. The van der Waals surface area contributed by atoms with Crippen LogP contribution in [0.25, 0.3) is 10.9 Å². The van der Waals surface area contributed by atoms with Crippen LogP contribution in [-0.2, 0) is 13.0 Å². The van der Waals surface area contributed by atoms with Crippen molar-refractivity contribution in [1.82, 2.24) is 20.1 Å². The number of H-pyrrole nitrogens is 1. The first kappa shape index (κ1) is 12.7. The van der Waals surface area contributed by atoms with Crippen LogP contribution in [-0.4, -0.2) is 21.3 Å². The van der Waals surface area contributed by atoms with Crippen LogP contribution in [0.4, 0.5) is 0 Å². The third-order valence-electron chi connectivity index (χ3n) is 4.48. The van der Waals surface area contributed by atoms with E-state index in [1.54, 1.807) is 0 Å². The lowest BCUT2D eigenvalue weighted by atomic mass is 9.95. The molecule has 3 aromatic rings. The van der Waals surface area contributed by atoms with Crippen molar-refractivity contribution in [3.63, 3.8) is 0 Å². The van der Waals surface area contributed by atoms with Gasteiger partial charge < -0.3 is 10.3 Å². The van der Waals surface area contributed by atoms with Crippen molar-refractivity contribution in [3.8, 4) is 0 Å². The van der Waals surface area contributed by atoms with Gasteiger partial charge in [-0.2, -0.15) is 5.10 Å². The Morgan fingerprint density at radius 2 is 2.19 bits per heavy atom. The fourth-order valence-electron chi connectivity index (χ4n) is 3.42. The minimum Gasteiger partial charge on any atom is -0.357 e. The highest BCUT2D eigenvalue weighted by Crippen LogP contribution is 2.34. The molecule has 0 bridgehead atoms. The molecule has 0 saturated carbocycles. The highest BCUT2D eigenvalue weighted by atomic mass is 15.3. The van der Waals surface area contributed by atoms with Crippen LogP contribution in [0.5, 0.6) is 0 Å². The molecule has 2 N–H and O–H groups in total. The average molecular weight is 280 g/mol. The lowest BCUT2D eigenvalue weighted by Crippen LogP contribution is -2.30. The number of hydrogen-bond donors (Lipinski definition) is 2. The number of nitrogens with zero attached hydrogens (tertiary/aromatic N) is 2. The van der Waals surface area contributed by atoms with E-state index in [2.05, 4.69) is 59.7 Å². The zero-order chi connectivity index (χ0) is 14.4. The summed E-state index contributed by atoms with van der Waals surface area (Å²) in [6, 6.07) is 8.81. The van der Waals surface area contributed by atoms with E-state index in [1.165, 1.54) is 27.7 Å². The Kier molecular flexibility index (Phi) is 2.86. The SMILES string of the molecule is CCn1cc([C@@H]2NCCc3c2[nH]c2ccccc32)c(C)n1. The van der Waals surface area contributed by atoms with E-state index in [9.17, 15) is 0 Å². The highest BCUT2D eigenvalue weighted by Gasteiger charge is 2.27. The first-order valence-corrected chi connectivity index (χ1v) is 7.64. The second-order valence-electron chi connectivity index (χ2n) is 5.73. The van der Waals surface area contributed by atoms with Gasteiger partial charge in [-0.05, 0) is 31.9 Å². The third-order valence-corrected chi connectivity index (χ3v) is 4.48. The quantitative estimate of drug-likeness (QED) is 0.758. The lowest BCUT2D eigenvalue weighted by molar-refractivity contribution is 0.557. The van der Waals surface area contributed by atoms with Crippen LogP contribution < -0.4 is 5.32 Å². The summed E-state index contributed by atoms with van der Waals surface area (Å²) in [7, 11) is 0. The van der Waals surface area contributed by atoms with Crippen molar-refractivity contribution in [3.05, 3.63) is 53.0 Å². The van der Waals surface area contributed by atoms with Crippen LogP contribution in [0.1, 0.15) is 35.5 Å². The molecule has 0 saturated heterocycles. The van der Waals surface area contributed by atoms with Gasteiger partial charge in [-0.3, -0.25) is 4.68 Å². The molecule has 108 valence electrons. The van der Waals surface area contributed by atoms with E-state index in [0.717, 1.165) is 25.2 Å². The second-order valence-corrected chi connectivity index (χ2v) is 5.73. The molecule has 1 aliphatic rings. The van der Waals surface area contributed by atoms with Crippen LogP contribution in [0, 0.1) is 6.92 Å². The molecule has 0 radical (unpaired) electrons. The molecule has 2 aromatic heterocycles. The van der Waals surface area contributed by atoms with Crippen molar-refractivity contribution in [2.45, 2.75) is 32.9 Å². The van der Waals surface area contributed by atoms with E-state index in [0.29, 0.717) is 0 Å². The number of nitrogens with one attached hydrogen (secondary N) is 2. The largest absolute Gasteiger partial charge is 0.357 e. The van der Waals surface area contributed by atoms with Gasteiger partial charge in [0.25, 0.3) is 0 Å². The van der Waals surface area contributed by atoms with Gasteiger partial charge in [0, 0.05) is 41.4 Å². The zero-order valence-electron chi connectivity index (χ0n) is 12.5. The van der Waals surface area contributed by atoms with Crippen LogP contribution in [0.2, 0.25) is 0 Å². The van der Waals surface area contributed by atoms with Gasteiger partial charge in [-0.15, -0.1) is 0 Å². The van der Waals surface area contributed by atoms with Crippen molar-refractivity contribution < 1.29 is 0 Å². The van der Waals surface area contributed by atoms with Crippen molar-refractivity contribution >= 4 is 10.9 Å². The van der Waals surface area contributed by atoms with E-state index in [4.69, 9.17) is 0 Å². The molecular weight excluding hydrogens is 260 g/mol.